The standard InChI is InChI=1S/C15H11BrN4O2S/c16-11-6-7-12(17-8-11)18-13(21)9-23-15-20-19-14(22-15)10-4-2-1-3-5-10/h1-8H,9H2,(H,17,18,21). The van der Waals surface area contributed by atoms with Crippen molar-refractivity contribution in [2.24, 2.45) is 0 Å². The molecular formula is C15H11BrN4O2S. The average Bonchev–Trinajstić information content (AvgIpc) is 3.05. The van der Waals surface area contributed by atoms with Crippen molar-refractivity contribution in [3.8, 4) is 11.5 Å². The molecule has 2 aromatic heterocycles. The Morgan fingerprint density at radius 2 is 2.00 bits per heavy atom. The molecule has 0 aliphatic carbocycles. The summed E-state index contributed by atoms with van der Waals surface area (Å²) in [5.74, 6) is 0.899. The second-order valence-corrected chi connectivity index (χ2v) is 6.28. The van der Waals surface area contributed by atoms with Crippen LogP contribution >= 0.6 is 27.7 Å². The highest BCUT2D eigenvalue weighted by Gasteiger charge is 2.11. The number of amides is 1. The zero-order valence-corrected chi connectivity index (χ0v) is 14.2. The summed E-state index contributed by atoms with van der Waals surface area (Å²) in [6, 6.07) is 13.0. The van der Waals surface area contributed by atoms with Gasteiger partial charge >= 0.3 is 0 Å². The molecule has 6 nitrogen and oxygen atoms in total. The van der Waals surface area contributed by atoms with Crippen LogP contribution in [0.3, 0.4) is 0 Å². The van der Waals surface area contributed by atoms with E-state index < -0.39 is 0 Å². The maximum Gasteiger partial charge on any atom is 0.277 e. The van der Waals surface area contributed by atoms with Crippen molar-refractivity contribution in [2.45, 2.75) is 5.22 Å². The molecule has 23 heavy (non-hydrogen) atoms. The number of nitrogens with zero attached hydrogens (tertiary/aromatic N) is 3. The van der Waals surface area contributed by atoms with E-state index in [-0.39, 0.29) is 11.7 Å². The number of carbonyl (C=O) groups is 1. The lowest BCUT2D eigenvalue weighted by Crippen LogP contribution is -2.14. The summed E-state index contributed by atoms with van der Waals surface area (Å²) >= 11 is 4.46. The van der Waals surface area contributed by atoms with Crippen molar-refractivity contribution in [1.82, 2.24) is 15.2 Å². The molecule has 0 unspecified atom stereocenters. The van der Waals surface area contributed by atoms with Crippen LogP contribution in [0, 0.1) is 0 Å². The van der Waals surface area contributed by atoms with Crippen molar-refractivity contribution >= 4 is 39.4 Å². The van der Waals surface area contributed by atoms with Crippen molar-refractivity contribution < 1.29 is 9.21 Å². The summed E-state index contributed by atoms with van der Waals surface area (Å²) in [7, 11) is 0. The Kier molecular flexibility index (Phi) is 5.04. The number of aromatic nitrogens is 3. The Bertz CT molecular complexity index is 793. The van der Waals surface area contributed by atoms with E-state index in [1.807, 2.05) is 30.3 Å². The first-order chi connectivity index (χ1) is 11.2. The summed E-state index contributed by atoms with van der Waals surface area (Å²) in [5, 5.41) is 10.9. The maximum atomic E-state index is 11.9. The van der Waals surface area contributed by atoms with E-state index in [9.17, 15) is 4.79 Å². The fourth-order valence-corrected chi connectivity index (χ4v) is 2.52. The number of hydrogen-bond acceptors (Lipinski definition) is 6. The van der Waals surface area contributed by atoms with Crippen LogP contribution in [0.15, 0.2) is 62.8 Å². The first-order valence-corrected chi connectivity index (χ1v) is 8.42. The Morgan fingerprint density at radius 3 is 2.74 bits per heavy atom. The van der Waals surface area contributed by atoms with Crippen molar-refractivity contribution in [2.75, 3.05) is 11.1 Å². The van der Waals surface area contributed by atoms with Crippen LogP contribution in [-0.2, 0) is 4.79 Å². The van der Waals surface area contributed by atoms with Crippen LogP contribution < -0.4 is 5.32 Å². The molecule has 2 heterocycles. The molecule has 0 radical (unpaired) electrons. The van der Waals surface area contributed by atoms with E-state index in [1.54, 1.807) is 18.3 Å². The highest BCUT2D eigenvalue weighted by atomic mass is 79.9. The summed E-state index contributed by atoms with van der Waals surface area (Å²) in [5.41, 5.74) is 0.843. The predicted molar refractivity (Wildman–Crippen MR) is 91.0 cm³/mol. The lowest BCUT2D eigenvalue weighted by atomic mass is 10.2. The van der Waals surface area contributed by atoms with E-state index in [1.165, 1.54) is 11.8 Å². The van der Waals surface area contributed by atoms with E-state index >= 15 is 0 Å². The van der Waals surface area contributed by atoms with E-state index in [4.69, 9.17) is 4.42 Å². The molecule has 1 amide bonds. The number of carbonyl (C=O) groups excluding carboxylic acids is 1. The number of thioether (sulfide) groups is 1. The van der Waals surface area contributed by atoms with Gasteiger partial charge in [-0.3, -0.25) is 4.79 Å². The Balaban J connectivity index is 1.55. The zero-order valence-electron chi connectivity index (χ0n) is 11.8. The minimum absolute atomic E-state index is 0.161. The Labute approximate surface area is 144 Å². The van der Waals surface area contributed by atoms with Crippen molar-refractivity contribution in [1.29, 1.82) is 0 Å². The largest absolute Gasteiger partial charge is 0.411 e. The van der Waals surface area contributed by atoms with Crippen LogP contribution in [0.25, 0.3) is 11.5 Å². The van der Waals surface area contributed by atoms with Gasteiger partial charge in [0.25, 0.3) is 5.22 Å². The number of halogens is 1. The Hall–Kier alpha value is -2.19. The molecule has 0 spiro atoms. The van der Waals surface area contributed by atoms with E-state index in [0.29, 0.717) is 16.9 Å². The van der Waals surface area contributed by atoms with E-state index in [0.717, 1.165) is 10.0 Å². The molecule has 8 heteroatoms. The lowest BCUT2D eigenvalue weighted by molar-refractivity contribution is -0.113. The number of benzene rings is 1. The lowest BCUT2D eigenvalue weighted by Gasteiger charge is -2.02. The summed E-state index contributed by atoms with van der Waals surface area (Å²) in [4.78, 5) is 16.0. The van der Waals surface area contributed by atoms with Gasteiger partial charge in [-0.15, -0.1) is 10.2 Å². The third-order valence-electron chi connectivity index (χ3n) is 2.75. The molecule has 0 fully saturated rings. The minimum atomic E-state index is -0.190. The van der Waals surface area contributed by atoms with Gasteiger partial charge in [-0.05, 0) is 40.2 Å². The topological polar surface area (TPSA) is 80.9 Å². The molecule has 0 bridgehead atoms. The van der Waals surface area contributed by atoms with Crippen LogP contribution in [0.1, 0.15) is 0 Å². The molecule has 1 aromatic carbocycles. The van der Waals surface area contributed by atoms with Gasteiger partial charge in [-0.2, -0.15) is 0 Å². The highest BCUT2D eigenvalue weighted by Crippen LogP contribution is 2.22. The first kappa shape index (κ1) is 15.7. The summed E-state index contributed by atoms with van der Waals surface area (Å²) < 4.78 is 6.38. The second-order valence-electron chi connectivity index (χ2n) is 4.44. The van der Waals surface area contributed by atoms with Gasteiger partial charge in [0.2, 0.25) is 11.8 Å². The fraction of sp³-hybridized carbons (Fsp3) is 0.0667. The number of nitrogens with one attached hydrogen (secondary N) is 1. The summed E-state index contributed by atoms with van der Waals surface area (Å²) in [6.45, 7) is 0. The van der Waals surface area contributed by atoms with Gasteiger partial charge < -0.3 is 9.73 Å². The van der Waals surface area contributed by atoms with Crippen LogP contribution in [0.5, 0.6) is 0 Å². The fourth-order valence-electron chi connectivity index (χ4n) is 1.72. The van der Waals surface area contributed by atoms with E-state index in [2.05, 4.69) is 36.4 Å². The van der Waals surface area contributed by atoms with Gasteiger partial charge in [0.15, 0.2) is 0 Å². The van der Waals surface area contributed by atoms with Gasteiger partial charge in [0.05, 0.1) is 5.75 Å². The van der Waals surface area contributed by atoms with Crippen LogP contribution in [-0.4, -0.2) is 26.8 Å². The highest BCUT2D eigenvalue weighted by molar-refractivity contribution is 9.10. The normalized spacial score (nSPS) is 10.5. The molecule has 0 saturated carbocycles. The molecule has 0 aliphatic rings. The molecule has 3 rings (SSSR count). The molecular weight excluding hydrogens is 380 g/mol. The number of pyridine rings is 1. The van der Waals surface area contributed by atoms with Gasteiger partial charge in [0, 0.05) is 16.2 Å². The summed E-state index contributed by atoms with van der Waals surface area (Å²) in [6.07, 6.45) is 1.62. The van der Waals surface area contributed by atoms with Gasteiger partial charge in [-0.25, -0.2) is 4.98 Å². The van der Waals surface area contributed by atoms with Crippen molar-refractivity contribution in [3.05, 3.63) is 53.1 Å². The zero-order chi connectivity index (χ0) is 16.1. The molecule has 0 saturated heterocycles. The molecule has 0 atom stereocenters. The SMILES string of the molecule is O=C(CSc1nnc(-c2ccccc2)o1)Nc1ccc(Br)cn1. The quantitative estimate of drug-likeness (QED) is 0.669. The molecule has 1 N–H and O–H groups in total. The smallest absolute Gasteiger partial charge is 0.277 e. The van der Waals surface area contributed by atoms with Gasteiger partial charge in [-0.1, -0.05) is 30.0 Å². The molecule has 116 valence electrons. The van der Waals surface area contributed by atoms with Crippen molar-refractivity contribution in [3.63, 3.8) is 0 Å². The number of hydrogen-bond donors (Lipinski definition) is 1. The first-order valence-electron chi connectivity index (χ1n) is 6.64. The number of anilines is 1. The second kappa shape index (κ2) is 7.38. The predicted octanol–water partition coefficient (Wildman–Crippen LogP) is 3.62. The monoisotopic (exact) mass is 390 g/mol. The maximum absolute atomic E-state index is 11.9. The number of rotatable bonds is 5. The van der Waals surface area contributed by atoms with Crippen LogP contribution in [0.2, 0.25) is 0 Å². The van der Waals surface area contributed by atoms with Gasteiger partial charge in [0.1, 0.15) is 5.82 Å². The van der Waals surface area contributed by atoms with Crippen LogP contribution in [0.4, 0.5) is 5.82 Å². The molecule has 3 aromatic rings. The molecule has 0 aliphatic heterocycles. The Morgan fingerprint density at radius 1 is 1.17 bits per heavy atom. The average molecular weight is 391 g/mol. The minimum Gasteiger partial charge on any atom is -0.411 e. The third-order valence-corrected chi connectivity index (χ3v) is 4.04. The third kappa shape index (κ3) is 4.40.